The summed E-state index contributed by atoms with van der Waals surface area (Å²) in [7, 11) is 1.69. The number of amides is 1. The Morgan fingerprint density at radius 1 is 1.40 bits per heavy atom. The number of ether oxygens (including phenoxy) is 1. The van der Waals surface area contributed by atoms with Gasteiger partial charge in [0.2, 0.25) is 11.8 Å². The van der Waals surface area contributed by atoms with Gasteiger partial charge in [-0.3, -0.25) is 4.79 Å². The first-order valence-electron chi connectivity index (χ1n) is 6.81. The predicted octanol–water partition coefficient (Wildman–Crippen LogP) is 1.64. The van der Waals surface area contributed by atoms with Crippen LogP contribution in [0.25, 0.3) is 0 Å². The maximum absolute atomic E-state index is 11.8. The van der Waals surface area contributed by atoms with Gasteiger partial charge in [0.25, 0.3) is 0 Å². The summed E-state index contributed by atoms with van der Waals surface area (Å²) in [5, 5.41) is 8.79. The molecule has 0 saturated carbocycles. The number of carbonyl (C=O) groups is 1. The number of hydrogen-bond donors (Lipinski definition) is 1. The van der Waals surface area contributed by atoms with Gasteiger partial charge in [-0.25, -0.2) is 4.98 Å². The third-order valence-corrected chi connectivity index (χ3v) is 2.65. The summed E-state index contributed by atoms with van der Waals surface area (Å²) >= 11 is 0. The second kappa shape index (κ2) is 7.24. The van der Waals surface area contributed by atoms with Crippen LogP contribution in [0.15, 0.2) is 18.2 Å². The molecule has 1 heterocycles. The van der Waals surface area contributed by atoms with Gasteiger partial charge in [-0.15, -0.1) is 0 Å². The SMILES string of the molecule is CN(CCO)C(=O)CCc1cccc(OC(C)(C)C)n1. The van der Waals surface area contributed by atoms with E-state index in [9.17, 15) is 4.79 Å². The molecule has 0 atom stereocenters. The van der Waals surface area contributed by atoms with Crippen LogP contribution in [0.5, 0.6) is 5.88 Å². The Hall–Kier alpha value is -1.62. The molecule has 1 N–H and O–H groups in total. The second-order valence-electron chi connectivity index (χ2n) is 5.72. The lowest BCUT2D eigenvalue weighted by Crippen LogP contribution is -2.29. The second-order valence-corrected chi connectivity index (χ2v) is 5.72. The van der Waals surface area contributed by atoms with Gasteiger partial charge in [-0.2, -0.15) is 0 Å². The largest absolute Gasteiger partial charge is 0.472 e. The van der Waals surface area contributed by atoms with Crippen LogP contribution in [0.2, 0.25) is 0 Å². The zero-order valence-corrected chi connectivity index (χ0v) is 12.7. The Kier molecular flexibility index (Phi) is 5.95. The Labute approximate surface area is 120 Å². The molecule has 1 aromatic heterocycles. The molecule has 112 valence electrons. The Bertz CT molecular complexity index is 441. The molecule has 0 fully saturated rings. The molecule has 0 aliphatic carbocycles. The number of likely N-dealkylation sites (N-methyl/N-ethyl adjacent to an activating group) is 1. The average Bonchev–Trinajstić information content (AvgIpc) is 2.34. The fourth-order valence-corrected chi connectivity index (χ4v) is 1.67. The molecule has 5 nitrogen and oxygen atoms in total. The van der Waals surface area contributed by atoms with Crippen LogP contribution < -0.4 is 4.74 Å². The molecule has 0 spiro atoms. The minimum absolute atomic E-state index is 0.00277. The number of nitrogens with zero attached hydrogens (tertiary/aromatic N) is 2. The minimum Gasteiger partial charge on any atom is -0.472 e. The van der Waals surface area contributed by atoms with Crippen molar-refractivity contribution < 1.29 is 14.6 Å². The molecular weight excluding hydrogens is 256 g/mol. The van der Waals surface area contributed by atoms with Crippen molar-refractivity contribution in [2.24, 2.45) is 0 Å². The van der Waals surface area contributed by atoms with Gasteiger partial charge in [0.05, 0.1) is 6.61 Å². The molecule has 0 aliphatic heterocycles. The van der Waals surface area contributed by atoms with Crippen LogP contribution in [0, 0.1) is 0 Å². The fourth-order valence-electron chi connectivity index (χ4n) is 1.67. The summed E-state index contributed by atoms with van der Waals surface area (Å²) in [5.41, 5.74) is 0.542. The number of carbonyl (C=O) groups excluding carboxylic acids is 1. The number of aryl methyl sites for hydroxylation is 1. The fraction of sp³-hybridized carbons (Fsp3) is 0.600. The summed E-state index contributed by atoms with van der Waals surface area (Å²) in [5.74, 6) is 0.578. The maximum Gasteiger partial charge on any atom is 0.222 e. The van der Waals surface area contributed by atoms with Crippen LogP contribution >= 0.6 is 0 Å². The third-order valence-electron chi connectivity index (χ3n) is 2.65. The maximum atomic E-state index is 11.8. The molecule has 1 aromatic rings. The van der Waals surface area contributed by atoms with E-state index in [0.717, 1.165) is 5.69 Å². The topological polar surface area (TPSA) is 62.7 Å². The number of rotatable bonds is 6. The lowest BCUT2D eigenvalue weighted by Gasteiger charge is -2.20. The lowest BCUT2D eigenvalue weighted by molar-refractivity contribution is -0.130. The van der Waals surface area contributed by atoms with Gasteiger partial charge in [-0.05, 0) is 33.3 Å². The first kappa shape index (κ1) is 16.4. The van der Waals surface area contributed by atoms with Gasteiger partial charge < -0.3 is 14.7 Å². The highest BCUT2D eigenvalue weighted by molar-refractivity contribution is 5.76. The van der Waals surface area contributed by atoms with E-state index in [-0.39, 0.29) is 18.1 Å². The molecule has 0 saturated heterocycles. The van der Waals surface area contributed by atoms with E-state index in [0.29, 0.717) is 25.3 Å². The van der Waals surface area contributed by atoms with Crippen LogP contribution in [-0.4, -0.2) is 46.7 Å². The molecule has 1 rings (SSSR count). The number of aliphatic hydroxyl groups excluding tert-OH is 1. The summed E-state index contributed by atoms with van der Waals surface area (Å²) in [6.45, 7) is 6.24. The Morgan fingerprint density at radius 2 is 2.10 bits per heavy atom. The molecule has 0 aliphatic rings. The van der Waals surface area contributed by atoms with Crippen molar-refractivity contribution in [3.63, 3.8) is 0 Å². The third kappa shape index (κ3) is 6.02. The summed E-state index contributed by atoms with van der Waals surface area (Å²) < 4.78 is 5.70. The normalized spacial score (nSPS) is 11.2. The molecule has 5 heteroatoms. The van der Waals surface area contributed by atoms with E-state index in [4.69, 9.17) is 9.84 Å². The van der Waals surface area contributed by atoms with Crippen molar-refractivity contribution in [2.75, 3.05) is 20.2 Å². The molecular formula is C15H24N2O3. The van der Waals surface area contributed by atoms with Crippen LogP contribution in [0.4, 0.5) is 0 Å². The molecule has 0 unspecified atom stereocenters. The summed E-state index contributed by atoms with van der Waals surface area (Å²) in [4.78, 5) is 17.7. The van der Waals surface area contributed by atoms with Crippen LogP contribution in [0.1, 0.15) is 32.9 Å². The smallest absolute Gasteiger partial charge is 0.222 e. The zero-order valence-electron chi connectivity index (χ0n) is 12.7. The van der Waals surface area contributed by atoms with E-state index >= 15 is 0 Å². The molecule has 20 heavy (non-hydrogen) atoms. The van der Waals surface area contributed by atoms with Gasteiger partial charge >= 0.3 is 0 Å². The highest BCUT2D eigenvalue weighted by atomic mass is 16.5. The van der Waals surface area contributed by atoms with E-state index in [1.165, 1.54) is 4.90 Å². The van der Waals surface area contributed by atoms with Gasteiger partial charge in [0.1, 0.15) is 5.60 Å². The van der Waals surface area contributed by atoms with E-state index in [2.05, 4.69) is 4.98 Å². The first-order chi connectivity index (χ1) is 9.31. The highest BCUT2D eigenvalue weighted by Gasteiger charge is 2.13. The monoisotopic (exact) mass is 280 g/mol. The molecule has 1 amide bonds. The molecule has 0 aromatic carbocycles. The van der Waals surface area contributed by atoms with E-state index in [1.807, 2.05) is 39.0 Å². The summed E-state index contributed by atoms with van der Waals surface area (Å²) in [6.07, 6.45) is 0.943. The molecule has 0 bridgehead atoms. The lowest BCUT2D eigenvalue weighted by atomic mass is 10.2. The average molecular weight is 280 g/mol. The number of aliphatic hydroxyl groups is 1. The van der Waals surface area contributed by atoms with E-state index < -0.39 is 0 Å². The van der Waals surface area contributed by atoms with Crippen LogP contribution in [0.3, 0.4) is 0 Å². The number of aromatic nitrogens is 1. The Morgan fingerprint density at radius 3 is 2.70 bits per heavy atom. The van der Waals surface area contributed by atoms with Crippen molar-refractivity contribution in [3.05, 3.63) is 23.9 Å². The Balaban J connectivity index is 2.56. The highest BCUT2D eigenvalue weighted by Crippen LogP contribution is 2.16. The summed E-state index contributed by atoms with van der Waals surface area (Å²) in [6, 6.07) is 5.58. The molecule has 0 radical (unpaired) electrons. The quantitative estimate of drug-likeness (QED) is 0.860. The van der Waals surface area contributed by atoms with Crippen LogP contribution in [-0.2, 0) is 11.2 Å². The van der Waals surface area contributed by atoms with Gasteiger partial charge in [-0.1, -0.05) is 6.07 Å². The predicted molar refractivity (Wildman–Crippen MR) is 77.7 cm³/mol. The minimum atomic E-state index is -0.289. The van der Waals surface area contributed by atoms with Gasteiger partial charge in [0.15, 0.2) is 0 Å². The van der Waals surface area contributed by atoms with E-state index in [1.54, 1.807) is 7.05 Å². The van der Waals surface area contributed by atoms with Gasteiger partial charge in [0, 0.05) is 31.8 Å². The number of hydrogen-bond acceptors (Lipinski definition) is 4. The van der Waals surface area contributed by atoms with Crippen molar-refractivity contribution >= 4 is 5.91 Å². The first-order valence-corrected chi connectivity index (χ1v) is 6.81. The van der Waals surface area contributed by atoms with Crippen molar-refractivity contribution in [1.82, 2.24) is 9.88 Å². The zero-order chi connectivity index (χ0) is 15.2. The van der Waals surface area contributed by atoms with Crippen molar-refractivity contribution in [1.29, 1.82) is 0 Å². The van der Waals surface area contributed by atoms with Crippen molar-refractivity contribution in [2.45, 2.75) is 39.2 Å². The standard InChI is InChI=1S/C15H24N2O3/c1-15(2,3)20-13-7-5-6-12(16-13)8-9-14(19)17(4)10-11-18/h5-7,18H,8-11H2,1-4H3. The number of pyridine rings is 1. The van der Waals surface area contributed by atoms with Crippen molar-refractivity contribution in [3.8, 4) is 5.88 Å².